The van der Waals surface area contributed by atoms with E-state index in [0.717, 1.165) is 0 Å². The third kappa shape index (κ3) is 18.0. The zero-order valence-corrected chi connectivity index (χ0v) is 35.4. The van der Waals surface area contributed by atoms with Gasteiger partial charge in [-0.1, -0.05) is 73.4 Å². The second-order valence-corrected chi connectivity index (χ2v) is 16.7. The molecule has 1 aliphatic heterocycles. The molecule has 7 amide bonds. The fraction of sp³-hybridized carbons (Fsp3) is 0.683. The number of unbranched alkanes of at least 4 members (excludes halogenated alkanes) is 2. The van der Waals surface area contributed by atoms with Crippen LogP contribution in [-0.2, 0) is 35.3 Å². The van der Waals surface area contributed by atoms with Gasteiger partial charge < -0.3 is 31.7 Å². The van der Waals surface area contributed by atoms with E-state index in [0.29, 0.717) is 36.9 Å². The van der Waals surface area contributed by atoms with Crippen molar-refractivity contribution in [1.29, 1.82) is 0 Å². The number of nitrogens with zero attached hydrogens (tertiary/aromatic N) is 1. The number of urea groups is 1. The number of halogens is 3. The number of nitrogens with one attached hydrogen (secondary N) is 5. The Labute approximate surface area is 345 Å². The van der Waals surface area contributed by atoms with Gasteiger partial charge in [-0.05, 0) is 61.6 Å². The number of benzene rings is 1. The van der Waals surface area contributed by atoms with Crippen molar-refractivity contribution in [1.82, 2.24) is 26.2 Å². The number of primary amides is 1. The number of alkyl halides is 3. The Morgan fingerprint density at radius 2 is 1.51 bits per heavy atom. The average molecular weight is 840 g/mol. The number of amides is 7. The van der Waals surface area contributed by atoms with Crippen molar-refractivity contribution in [3.63, 3.8) is 0 Å². The molecule has 1 fully saturated rings. The van der Waals surface area contributed by atoms with Crippen LogP contribution in [0, 0.1) is 23.2 Å². The molecule has 0 bridgehead atoms. The van der Waals surface area contributed by atoms with E-state index >= 15 is 0 Å². The Morgan fingerprint density at radius 3 is 2.07 bits per heavy atom. The highest BCUT2D eigenvalue weighted by atomic mass is 19.4. The highest BCUT2D eigenvalue weighted by Gasteiger charge is 2.43. The molecule has 0 aromatic heterocycles. The highest BCUT2D eigenvalue weighted by molar-refractivity contribution is 6.03. The molecule has 1 aromatic rings. The number of hydrogen-bond acceptors (Lipinski definition) is 9. The van der Waals surface area contributed by atoms with Crippen molar-refractivity contribution in [3.8, 4) is 0 Å². The summed E-state index contributed by atoms with van der Waals surface area (Å²) >= 11 is 0. The molecule has 0 aliphatic carbocycles. The molecule has 4 atom stereocenters. The van der Waals surface area contributed by atoms with Gasteiger partial charge in [0.1, 0.15) is 24.5 Å². The number of alkyl carbamates (subject to hydrolysis) is 1. The van der Waals surface area contributed by atoms with E-state index in [1.54, 1.807) is 38.1 Å². The lowest BCUT2D eigenvalue weighted by molar-refractivity contribution is -0.161. The summed E-state index contributed by atoms with van der Waals surface area (Å²) in [5.74, 6) is -2.90. The summed E-state index contributed by atoms with van der Waals surface area (Å²) < 4.78 is 48.1. The lowest BCUT2D eigenvalue weighted by Gasteiger charge is -2.30. The average Bonchev–Trinajstić information content (AvgIpc) is 3.42. The molecular weight excluding hydrogens is 775 g/mol. The van der Waals surface area contributed by atoms with E-state index in [-0.39, 0.29) is 87.8 Å². The Bertz CT molecular complexity index is 1580. The summed E-state index contributed by atoms with van der Waals surface area (Å²) in [5, 5.41) is 12.7. The first kappa shape index (κ1) is 50.4. The maximum absolute atomic E-state index is 14.3. The number of ether oxygens (including phenoxy) is 1. The maximum Gasteiger partial charge on any atom is 0.407 e. The molecule has 1 unspecified atom stereocenters. The molecule has 0 saturated carbocycles. The summed E-state index contributed by atoms with van der Waals surface area (Å²) in [5.41, 5.74) is 5.62. The predicted molar refractivity (Wildman–Crippen MR) is 215 cm³/mol. The van der Waals surface area contributed by atoms with Gasteiger partial charge in [0.25, 0.3) is 0 Å². The second-order valence-electron chi connectivity index (χ2n) is 16.7. The zero-order valence-electron chi connectivity index (χ0n) is 35.4. The van der Waals surface area contributed by atoms with E-state index in [2.05, 4.69) is 26.6 Å². The summed E-state index contributed by atoms with van der Waals surface area (Å²) in [6.07, 6.45) is -3.78. The van der Waals surface area contributed by atoms with Gasteiger partial charge in [-0.15, -0.1) is 0 Å². The number of ketones is 1. The van der Waals surface area contributed by atoms with Crippen molar-refractivity contribution in [2.24, 2.45) is 28.9 Å². The van der Waals surface area contributed by atoms with E-state index in [1.165, 1.54) is 4.90 Å². The number of Topliss-reactive ketones (excluding diaryl/α,β-unsaturated/α-hetero) is 1. The normalized spacial score (nSPS) is 16.1. The molecule has 1 heterocycles. The van der Waals surface area contributed by atoms with Crippen molar-refractivity contribution in [2.75, 3.05) is 25.0 Å². The van der Waals surface area contributed by atoms with Crippen molar-refractivity contribution < 1.29 is 51.5 Å². The number of rotatable bonds is 24. The van der Waals surface area contributed by atoms with Gasteiger partial charge in [-0.3, -0.25) is 34.2 Å². The molecule has 15 nitrogen and oxygen atoms in total. The summed E-state index contributed by atoms with van der Waals surface area (Å²) in [4.78, 5) is 88.5. The van der Waals surface area contributed by atoms with Gasteiger partial charge in [-0.2, -0.15) is 13.2 Å². The van der Waals surface area contributed by atoms with Crippen LogP contribution in [0.5, 0.6) is 0 Å². The minimum Gasteiger partial charge on any atom is -0.445 e. The first-order valence-electron chi connectivity index (χ1n) is 20.4. The van der Waals surface area contributed by atoms with Crippen LogP contribution in [0.4, 0.5) is 28.4 Å². The molecule has 0 radical (unpaired) electrons. The fourth-order valence-electron chi connectivity index (χ4n) is 6.36. The molecule has 332 valence electrons. The number of anilines is 1. The standard InChI is InChI=1S/C41H64F3N7O8/c1-25(2)29-23-33(53)51(37(29)56)22-10-8-9-14-31(41(42,43)44)50-34(26(3)4)36(55)49-30(13-11-20-46-38(45)57)35(54)48-28-18-16-27(17-19-28)24-59-39(58)47-21-12-15-32(52)40(5,6)7/h16-19,25-26,29-31,34,50H,8-15,20-24H2,1-7H3,(H,47,58)(H,48,54)(H,49,55)(H3,45,46,57)/t29?,30-,31-,34-/m0/s1. The summed E-state index contributed by atoms with van der Waals surface area (Å²) in [7, 11) is 0. The molecule has 1 aromatic carbocycles. The summed E-state index contributed by atoms with van der Waals surface area (Å²) in [6, 6.07) is 0.940. The molecule has 18 heteroatoms. The number of carbonyl (C=O) groups is 7. The highest BCUT2D eigenvalue weighted by Crippen LogP contribution is 2.28. The van der Waals surface area contributed by atoms with Crippen LogP contribution in [0.3, 0.4) is 0 Å². The molecular formula is C41H64F3N7O8. The number of carbonyl (C=O) groups excluding carboxylic acids is 7. The number of nitrogens with two attached hydrogens (primary N) is 1. The Kier molecular flexibility index (Phi) is 20.3. The van der Waals surface area contributed by atoms with Gasteiger partial charge in [0, 0.05) is 49.5 Å². The minimum atomic E-state index is -4.70. The second kappa shape index (κ2) is 23.7. The van der Waals surface area contributed by atoms with E-state index in [9.17, 15) is 46.7 Å². The molecule has 0 spiro atoms. The van der Waals surface area contributed by atoms with Crippen molar-refractivity contribution in [3.05, 3.63) is 29.8 Å². The Morgan fingerprint density at radius 1 is 0.864 bits per heavy atom. The molecule has 59 heavy (non-hydrogen) atoms. The molecule has 1 saturated heterocycles. The zero-order chi connectivity index (χ0) is 44.5. The van der Waals surface area contributed by atoms with Crippen molar-refractivity contribution >= 4 is 47.2 Å². The quantitative estimate of drug-likeness (QED) is 0.0586. The predicted octanol–water partition coefficient (Wildman–Crippen LogP) is 5.32. The number of hydrogen-bond donors (Lipinski definition) is 6. The third-order valence-corrected chi connectivity index (χ3v) is 10.1. The van der Waals surface area contributed by atoms with E-state index in [4.69, 9.17) is 10.5 Å². The number of likely N-dealkylation sites (tertiary alicyclic amines) is 1. The number of imide groups is 1. The van der Waals surface area contributed by atoms with E-state index < -0.39 is 59.6 Å². The lowest BCUT2D eigenvalue weighted by atomic mass is 9.88. The van der Waals surface area contributed by atoms with Gasteiger partial charge in [-0.25, -0.2) is 9.59 Å². The maximum atomic E-state index is 14.3. The van der Waals surface area contributed by atoms with Gasteiger partial charge in [0.15, 0.2) is 0 Å². The van der Waals surface area contributed by atoms with Crippen molar-refractivity contribution in [2.45, 2.75) is 137 Å². The van der Waals surface area contributed by atoms with Crippen LogP contribution >= 0.6 is 0 Å². The summed E-state index contributed by atoms with van der Waals surface area (Å²) in [6.45, 7) is 12.8. The minimum absolute atomic E-state index is 0.00649. The van der Waals surface area contributed by atoms with Crippen LogP contribution in [-0.4, -0.2) is 90.4 Å². The fourth-order valence-corrected chi connectivity index (χ4v) is 6.36. The van der Waals surface area contributed by atoms with Crippen LogP contribution in [0.25, 0.3) is 0 Å². The van der Waals surface area contributed by atoms with Gasteiger partial charge >= 0.3 is 18.3 Å². The molecule has 2 rings (SSSR count). The Hall–Kier alpha value is -4.74. The van der Waals surface area contributed by atoms with Crippen LogP contribution in [0.15, 0.2) is 24.3 Å². The van der Waals surface area contributed by atoms with Crippen LogP contribution in [0.2, 0.25) is 0 Å². The first-order valence-corrected chi connectivity index (χ1v) is 20.4. The Balaban J connectivity index is 2.01. The van der Waals surface area contributed by atoms with Gasteiger partial charge in [0.05, 0.1) is 6.04 Å². The van der Waals surface area contributed by atoms with Crippen LogP contribution < -0.4 is 32.3 Å². The monoisotopic (exact) mass is 839 g/mol. The molecule has 1 aliphatic rings. The third-order valence-electron chi connectivity index (χ3n) is 10.1. The van der Waals surface area contributed by atoms with Gasteiger partial charge in [0.2, 0.25) is 23.6 Å². The lowest BCUT2D eigenvalue weighted by Crippen LogP contribution is -2.58. The SMILES string of the molecule is CC(C)C1CC(=O)N(CCCCC[C@H](N[C@H](C(=O)N[C@@H](CCCNC(N)=O)C(=O)Nc2ccc(COC(=O)NCCCC(=O)C(C)(C)C)cc2)C(C)C)C(F)(F)F)C1=O. The van der Waals surface area contributed by atoms with E-state index in [1.807, 2.05) is 34.6 Å². The van der Waals surface area contributed by atoms with Crippen LogP contribution in [0.1, 0.15) is 112 Å². The first-order chi connectivity index (χ1) is 27.5. The topological polar surface area (TPSA) is 218 Å². The molecule has 7 N–H and O–H groups in total. The smallest absolute Gasteiger partial charge is 0.407 e. The largest absolute Gasteiger partial charge is 0.445 e.